The van der Waals surface area contributed by atoms with Gasteiger partial charge in [-0.05, 0) is 44.0 Å². The zero-order valence-corrected chi connectivity index (χ0v) is 14.9. The first-order valence-electron chi connectivity index (χ1n) is 7.39. The minimum Gasteiger partial charge on any atom is -0.287 e. The second-order valence-corrected chi connectivity index (χ2v) is 7.47. The second kappa shape index (κ2) is 6.45. The highest BCUT2D eigenvalue weighted by Gasteiger charge is 2.16. The lowest BCUT2D eigenvalue weighted by molar-refractivity contribution is 0.627. The van der Waals surface area contributed by atoms with Crippen molar-refractivity contribution >= 4 is 33.3 Å². The summed E-state index contributed by atoms with van der Waals surface area (Å²) in [5.41, 5.74) is 2.06. The Morgan fingerprint density at radius 3 is 2.61 bits per heavy atom. The Morgan fingerprint density at radius 2 is 1.96 bits per heavy atom. The van der Waals surface area contributed by atoms with E-state index in [0.717, 1.165) is 31.4 Å². The van der Waals surface area contributed by atoms with Crippen LogP contribution in [0.5, 0.6) is 0 Å². The molecule has 3 nitrogen and oxygen atoms in total. The van der Waals surface area contributed by atoms with Gasteiger partial charge in [0.1, 0.15) is 10.6 Å². The van der Waals surface area contributed by atoms with Crippen LogP contribution in [0.1, 0.15) is 22.9 Å². The first-order valence-corrected chi connectivity index (χ1v) is 9.19. The molecule has 0 fully saturated rings. The minimum atomic E-state index is -0.242. The highest BCUT2D eigenvalue weighted by Crippen LogP contribution is 2.29. The Kier molecular flexibility index (Phi) is 4.55. The van der Waals surface area contributed by atoms with Crippen molar-refractivity contribution in [3.8, 4) is 0 Å². The van der Waals surface area contributed by atoms with Crippen molar-refractivity contribution < 1.29 is 4.39 Å². The van der Waals surface area contributed by atoms with E-state index in [1.165, 1.54) is 23.9 Å². The van der Waals surface area contributed by atoms with Crippen molar-refractivity contribution in [3.63, 3.8) is 0 Å². The average Bonchev–Trinajstić information content (AvgIpc) is 2.82. The number of thiophene rings is 1. The lowest BCUT2D eigenvalue weighted by Crippen LogP contribution is -2.22. The maximum absolute atomic E-state index is 13.0. The zero-order chi connectivity index (χ0) is 16.6. The molecule has 120 valence electrons. The van der Waals surface area contributed by atoms with Gasteiger partial charge >= 0.3 is 0 Å². The van der Waals surface area contributed by atoms with E-state index in [2.05, 4.69) is 0 Å². The quantitative estimate of drug-likeness (QED) is 0.513. The molecule has 0 saturated carbocycles. The van der Waals surface area contributed by atoms with Gasteiger partial charge in [-0.25, -0.2) is 9.37 Å². The molecule has 0 aliphatic rings. The summed E-state index contributed by atoms with van der Waals surface area (Å²) < 4.78 is 14.7. The maximum atomic E-state index is 13.0. The number of hydrogen-bond donors (Lipinski definition) is 0. The van der Waals surface area contributed by atoms with Crippen LogP contribution in [0.25, 0.3) is 10.2 Å². The van der Waals surface area contributed by atoms with Crippen molar-refractivity contribution in [3.05, 3.63) is 56.4 Å². The normalized spacial score (nSPS) is 11.3. The van der Waals surface area contributed by atoms with Gasteiger partial charge in [0, 0.05) is 17.2 Å². The summed E-state index contributed by atoms with van der Waals surface area (Å²) in [7, 11) is 0. The molecule has 0 spiro atoms. The van der Waals surface area contributed by atoms with Crippen LogP contribution in [0.3, 0.4) is 0 Å². The molecule has 3 aromatic rings. The van der Waals surface area contributed by atoms with Crippen molar-refractivity contribution in [1.29, 1.82) is 0 Å². The molecule has 0 saturated heterocycles. The van der Waals surface area contributed by atoms with E-state index in [1.807, 2.05) is 20.8 Å². The first-order chi connectivity index (χ1) is 11.0. The number of thioether (sulfide) groups is 1. The topological polar surface area (TPSA) is 34.9 Å². The van der Waals surface area contributed by atoms with Gasteiger partial charge in [0.15, 0.2) is 5.16 Å². The molecule has 0 amide bonds. The molecule has 0 bridgehead atoms. The summed E-state index contributed by atoms with van der Waals surface area (Å²) in [5.74, 6) is 0.412. The fourth-order valence-corrected chi connectivity index (χ4v) is 4.52. The molecule has 3 rings (SSSR count). The van der Waals surface area contributed by atoms with Crippen molar-refractivity contribution in [1.82, 2.24) is 9.55 Å². The van der Waals surface area contributed by atoms with Crippen LogP contribution in [0.2, 0.25) is 0 Å². The van der Waals surface area contributed by atoms with Crippen molar-refractivity contribution in [2.24, 2.45) is 0 Å². The minimum absolute atomic E-state index is 0.0287. The van der Waals surface area contributed by atoms with Gasteiger partial charge in [-0.2, -0.15) is 0 Å². The first kappa shape index (κ1) is 16.2. The number of hydrogen-bond acceptors (Lipinski definition) is 4. The summed E-state index contributed by atoms with van der Waals surface area (Å²) in [5, 5.41) is 1.45. The number of halogens is 1. The Bertz CT molecular complexity index is 913. The van der Waals surface area contributed by atoms with E-state index in [0.29, 0.717) is 12.3 Å². The second-order valence-electron chi connectivity index (χ2n) is 5.32. The Morgan fingerprint density at radius 1 is 1.26 bits per heavy atom. The molecular formula is C17H17FN2OS2. The number of benzene rings is 1. The smallest absolute Gasteiger partial charge is 0.263 e. The van der Waals surface area contributed by atoms with Gasteiger partial charge < -0.3 is 0 Å². The molecule has 1 aromatic carbocycles. The molecule has 2 heterocycles. The SMILES string of the molecule is CCn1c(SCc2ccc(F)cc2)nc2sc(C)c(C)c2c1=O. The predicted octanol–water partition coefficient (Wildman–Crippen LogP) is 4.53. The van der Waals surface area contributed by atoms with Crippen molar-refractivity contribution in [2.75, 3.05) is 0 Å². The van der Waals surface area contributed by atoms with Gasteiger partial charge in [0.25, 0.3) is 5.56 Å². The van der Waals surface area contributed by atoms with Gasteiger partial charge in [-0.1, -0.05) is 23.9 Å². The lowest BCUT2D eigenvalue weighted by atomic mass is 10.2. The van der Waals surface area contributed by atoms with E-state index >= 15 is 0 Å². The Hall–Kier alpha value is -1.66. The van der Waals surface area contributed by atoms with E-state index in [9.17, 15) is 9.18 Å². The van der Waals surface area contributed by atoms with Gasteiger partial charge in [0.05, 0.1) is 5.39 Å². The van der Waals surface area contributed by atoms with E-state index in [1.54, 1.807) is 28.0 Å². The molecule has 6 heteroatoms. The number of fused-ring (bicyclic) bond motifs is 1. The molecule has 0 radical (unpaired) electrons. The molecular weight excluding hydrogens is 331 g/mol. The number of rotatable bonds is 4. The molecule has 0 unspecified atom stereocenters. The zero-order valence-electron chi connectivity index (χ0n) is 13.2. The van der Waals surface area contributed by atoms with Crippen LogP contribution in [-0.2, 0) is 12.3 Å². The van der Waals surface area contributed by atoms with Gasteiger partial charge in [0.2, 0.25) is 0 Å². The number of aryl methyl sites for hydroxylation is 2. The highest BCUT2D eigenvalue weighted by atomic mass is 32.2. The Balaban J connectivity index is 1.99. The third-order valence-corrected chi connectivity index (χ3v) is 6.00. The van der Waals surface area contributed by atoms with Crippen LogP contribution in [0.4, 0.5) is 4.39 Å². The largest absolute Gasteiger partial charge is 0.287 e. The summed E-state index contributed by atoms with van der Waals surface area (Å²) in [4.78, 5) is 19.4. The van der Waals surface area contributed by atoms with Crippen LogP contribution in [-0.4, -0.2) is 9.55 Å². The van der Waals surface area contributed by atoms with E-state index < -0.39 is 0 Å². The maximum Gasteiger partial charge on any atom is 0.263 e. The van der Waals surface area contributed by atoms with Crippen LogP contribution in [0.15, 0.2) is 34.2 Å². The van der Waals surface area contributed by atoms with Gasteiger partial charge in [-0.15, -0.1) is 11.3 Å². The average molecular weight is 348 g/mol. The van der Waals surface area contributed by atoms with Crippen molar-refractivity contribution in [2.45, 2.75) is 38.2 Å². The van der Waals surface area contributed by atoms with Crippen LogP contribution < -0.4 is 5.56 Å². The number of nitrogens with zero attached hydrogens (tertiary/aromatic N) is 2. The van der Waals surface area contributed by atoms with Crippen LogP contribution >= 0.6 is 23.1 Å². The molecule has 0 aliphatic heterocycles. The van der Waals surface area contributed by atoms with E-state index in [4.69, 9.17) is 4.98 Å². The number of aromatic nitrogens is 2. The summed E-state index contributed by atoms with van der Waals surface area (Å²) in [6, 6.07) is 6.42. The summed E-state index contributed by atoms with van der Waals surface area (Å²) >= 11 is 3.07. The van der Waals surface area contributed by atoms with Gasteiger partial charge in [-0.3, -0.25) is 9.36 Å². The predicted molar refractivity (Wildman–Crippen MR) is 95.0 cm³/mol. The third kappa shape index (κ3) is 3.05. The molecule has 0 atom stereocenters. The summed E-state index contributed by atoms with van der Waals surface area (Å²) in [6.07, 6.45) is 0. The molecule has 0 N–H and O–H groups in total. The summed E-state index contributed by atoms with van der Waals surface area (Å²) in [6.45, 7) is 6.53. The Labute approximate surface area is 142 Å². The monoisotopic (exact) mass is 348 g/mol. The molecule has 23 heavy (non-hydrogen) atoms. The third-order valence-electron chi connectivity index (χ3n) is 3.85. The fourth-order valence-electron chi connectivity index (χ4n) is 2.43. The highest BCUT2D eigenvalue weighted by molar-refractivity contribution is 7.98. The fraction of sp³-hybridized carbons (Fsp3) is 0.294. The van der Waals surface area contributed by atoms with Crippen LogP contribution in [0, 0.1) is 19.7 Å². The van der Waals surface area contributed by atoms with E-state index in [-0.39, 0.29) is 11.4 Å². The standard InChI is InChI=1S/C17H17FN2OS2/c1-4-20-16(21)14-10(2)11(3)23-15(14)19-17(20)22-9-12-5-7-13(18)8-6-12/h5-8H,4,9H2,1-3H3. The molecule has 0 aliphatic carbocycles. The lowest BCUT2D eigenvalue weighted by Gasteiger charge is -2.10. The molecule has 2 aromatic heterocycles.